The van der Waals surface area contributed by atoms with Gasteiger partial charge in [-0.05, 0) is 44.0 Å². The lowest BCUT2D eigenvalue weighted by molar-refractivity contribution is -0.137. The summed E-state index contributed by atoms with van der Waals surface area (Å²) in [5.41, 5.74) is -0.956. The maximum absolute atomic E-state index is 13.3. The van der Waals surface area contributed by atoms with E-state index in [0.29, 0.717) is 25.0 Å². The van der Waals surface area contributed by atoms with Gasteiger partial charge >= 0.3 is 6.18 Å². The number of halogens is 3. The maximum Gasteiger partial charge on any atom is 0.416 e. The number of carbonyl (C=O) groups excluding carboxylic acids is 1. The monoisotopic (exact) mass is 498 g/mol. The maximum atomic E-state index is 13.3. The Morgan fingerprint density at radius 3 is 2.41 bits per heavy atom. The van der Waals surface area contributed by atoms with Gasteiger partial charge < -0.3 is 10.1 Å². The molecule has 0 saturated carbocycles. The van der Waals surface area contributed by atoms with Gasteiger partial charge in [0.1, 0.15) is 17.4 Å². The molecule has 0 aromatic heterocycles. The van der Waals surface area contributed by atoms with E-state index in [1.165, 1.54) is 13.0 Å². The number of anilines is 1. The highest BCUT2D eigenvalue weighted by Crippen LogP contribution is 2.42. The number of hydrogen-bond acceptors (Lipinski definition) is 4. The summed E-state index contributed by atoms with van der Waals surface area (Å²) in [5.74, 6) is 0.0268. The van der Waals surface area contributed by atoms with Crippen molar-refractivity contribution in [3.8, 4) is 5.75 Å². The zero-order valence-corrected chi connectivity index (χ0v) is 20.3. The summed E-state index contributed by atoms with van der Waals surface area (Å²) < 4.78 is 71.8. The molecule has 1 N–H and O–H groups in total. The number of para-hydroxylation sites is 1. The van der Waals surface area contributed by atoms with E-state index < -0.39 is 45.4 Å². The van der Waals surface area contributed by atoms with Gasteiger partial charge in [-0.2, -0.15) is 13.2 Å². The molecule has 1 aliphatic heterocycles. The van der Waals surface area contributed by atoms with E-state index in [9.17, 15) is 26.4 Å². The Bertz CT molecular complexity index is 1150. The molecule has 0 fully saturated rings. The van der Waals surface area contributed by atoms with Crippen LogP contribution in [-0.4, -0.2) is 32.2 Å². The van der Waals surface area contributed by atoms with Gasteiger partial charge in [0, 0.05) is 12.0 Å². The van der Waals surface area contributed by atoms with E-state index in [1.807, 2.05) is 38.1 Å². The molecule has 1 amide bonds. The smallest absolute Gasteiger partial charge is 0.416 e. The van der Waals surface area contributed by atoms with Crippen molar-refractivity contribution in [3.63, 3.8) is 0 Å². The molecule has 3 rings (SSSR count). The lowest BCUT2D eigenvalue weighted by Crippen LogP contribution is -2.51. The number of carbonyl (C=O) groups is 1. The van der Waals surface area contributed by atoms with Gasteiger partial charge in [-0.1, -0.05) is 38.1 Å². The predicted octanol–water partition coefficient (Wildman–Crippen LogP) is 5.06. The minimum Gasteiger partial charge on any atom is -0.487 e. The lowest BCUT2D eigenvalue weighted by atomic mass is 9.83. The molecule has 2 atom stereocenters. The molecule has 0 saturated heterocycles. The number of amides is 1. The normalized spacial score (nSPS) is 18.4. The van der Waals surface area contributed by atoms with Crippen LogP contribution in [0.15, 0.2) is 48.5 Å². The number of nitrogens with one attached hydrogen (secondary N) is 1. The zero-order valence-electron chi connectivity index (χ0n) is 19.5. The number of rotatable bonds is 7. The van der Waals surface area contributed by atoms with Gasteiger partial charge in [0.25, 0.3) is 0 Å². The predicted molar refractivity (Wildman–Crippen MR) is 124 cm³/mol. The van der Waals surface area contributed by atoms with Crippen LogP contribution < -0.4 is 14.4 Å². The van der Waals surface area contributed by atoms with Crippen LogP contribution in [0, 0.1) is 0 Å². The highest BCUT2D eigenvalue weighted by Gasteiger charge is 2.40. The van der Waals surface area contributed by atoms with Gasteiger partial charge in [0.15, 0.2) is 0 Å². The molecule has 0 bridgehead atoms. The van der Waals surface area contributed by atoms with Gasteiger partial charge in [-0.3, -0.25) is 9.10 Å². The fourth-order valence-electron chi connectivity index (χ4n) is 4.35. The number of ether oxygens (including phenoxy) is 1. The molecule has 1 heterocycles. The first-order chi connectivity index (χ1) is 15.8. The van der Waals surface area contributed by atoms with Crippen LogP contribution >= 0.6 is 0 Å². The minimum absolute atomic E-state index is 0.233. The molecular formula is C24H29F3N2O4S. The Morgan fingerprint density at radius 1 is 1.18 bits per heavy atom. The number of sulfonamides is 1. The van der Waals surface area contributed by atoms with Gasteiger partial charge in [-0.25, -0.2) is 8.42 Å². The molecule has 6 nitrogen and oxygen atoms in total. The van der Waals surface area contributed by atoms with Crippen molar-refractivity contribution in [1.29, 1.82) is 0 Å². The molecule has 34 heavy (non-hydrogen) atoms. The van der Waals surface area contributed by atoms with Crippen LogP contribution in [0.2, 0.25) is 0 Å². The van der Waals surface area contributed by atoms with E-state index in [-0.39, 0.29) is 5.69 Å². The van der Waals surface area contributed by atoms with Crippen molar-refractivity contribution in [3.05, 3.63) is 59.7 Å². The molecule has 1 aliphatic rings. The van der Waals surface area contributed by atoms with E-state index in [0.717, 1.165) is 34.3 Å². The van der Waals surface area contributed by atoms with Crippen molar-refractivity contribution in [2.45, 2.75) is 63.9 Å². The largest absolute Gasteiger partial charge is 0.487 e. The molecule has 0 radical (unpaired) electrons. The van der Waals surface area contributed by atoms with Crippen LogP contribution in [0.3, 0.4) is 0 Å². The molecule has 2 aromatic carbocycles. The van der Waals surface area contributed by atoms with Crippen molar-refractivity contribution < 1.29 is 31.1 Å². The molecule has 0 aliphatic carbocycles. The zero-order chi connectivity index (χ0) is 25.3. The minimum atomic E-state index is -4.65. The van der Waals surface area contributed by atoms with E-state index in [2.05, 4.69) is 5.32 Å². The molecule has 2 unspecified atom stereocenters. The second-order valence-electron chi connectivity index (χ2n) is 8.58. The highest BCUT2D eigenvalue weighted by atomic mass is 32.2. The highest BCUT2D eigenvalue weighted by molar-refractivity contribution is 7.92. The lowest BCUT2D eigenvalue weighted by Gasteiger charge is -2.42. The fourth-order valence-corrected chi connectivity index (χ4v) is 5.52. The third-order valence-corrected chi connectivity index (χ3v) is 7.56. The molecule has 186 valence electrons. The topological polar surface area (TPSA) is 75.7 Å². The van der Waals surface area contributed by atoms with Crippen LogP contribution in [0.1, 0.15) is 57.2 Å². The number of alkyl halides is 3. The fraction of sp³-hybridized carbons (Fsp3) is 0.458. The summed E-state index contributed by atoms with van der Waals surface area (Å²) in [6, 6.07) is 9.52. The van der Waals surface area contributed by atoms with Crippen LogP contribution in [0.25, 0.3) is 0 Å². The first-order valence-corrected chi connectivity index (χ1v) is 12.9. The van der Waals surface area contributed by atoms with Crippen LogP contribution in [0.5, 0.6) is 5.75 Å². The van der Waals surface area contributed by atoms with Crippen LogP contribution in [0.4, 0.5) is 18.9 Å². The summed E-state index contributed by atoms with van der Waals surface area (Å²) in [5, 5.41) is 2.92. The molecule has 0 spiro atoms. The van der Waals surface area contributed by atoms with Crippen molar-refractivity contribution in [2.75, 3.05) is 10.6 Å². The number of benzene rings is 2. The third-order valence-electron chi connectivity index (χ3n) is 6.32. The van der Waals surface area contributed by atoms with E-state index >= 15 is 0 Å². The Balaban J connectivity index is 1.94. The standard InChI is InChI=1S/C24H29F3N2O4S/c1-5-23(6-2)15-20(19-12-7-8-13-21(19)33-23)28-22(30)16(3)29(34(4,31)32)18-11-9-10-17(14-18)24(25,26)27/h7-14,16,20H,5-6,15H2,1-4H3,(H,28,30). The Kier molecular flexibility index (Phi) is 7.21. The first kappa shape index (κ1) is 25.9. The summed E-state index contributed by atoms with van der Waals surface area (Å²) >= 11 is 0. The van der Waals surface area contributed by atoms with Crippen molar-refractivity contribution >= 4 is 21.6 Å². The van der Waals surface area contributed by atoms with E-state index in [4.69, 9.17) is 4.74 Å². The molecule has 2 aromatic rings. The number of nitrogens with zero attached hydrogens (tertiary/aromatic N) is 1. The van der Waals surface area contributed by atoms with Gasteiger partial charge in [0.2, 0.25) is 15.9 Å². The van der Waals surface area contributed by atoms with E-state index in [1.54, 1.807) is 0 Å². The first-order valence-electron chi connectivity index (χ1n) is 11.1. The Labute approximate surface area is 198 Å². The average molecular weight is 499 g/mol. The Hall–Kier alpha value is -2.75. The number of fused-ring (bicyclic) bond motifs is 1. The second-order valence-corrected chi connectivity index (χ2v) is 10.4. The molecule has 10 heteroatoms. The van der Waals surface area contributed by atoms with Crippen LogP contribution in [-0.2, 0) is 21.0 Å². The summed E-state index contributed by atoms with van der Waals surface area (Å²) in [6.45, 7) is 5.35. The summed E-state index contributed by atoms with van der Waals surface area (Å²) in [7, 11) is -4.08. The van der Waals surface area contributed by atoms with Crippen molar-refractivity contribution in [1.82, 2.24) is 5.32 Å². The SMILES string of the molecule is CCC1(CC)CC(NC(=O)C(C)N(c2cccc(C(F)(F)F)c2)S(C)(=O)=O)c2ccccc2O1. The van der Waals surface area contributed by atoms with Crippen molar-refractivity contribution in [2.24, 2.45) is 0 Å². The average Bonchev–Trinajstić information content (AvgIpc) is 2.77. The summed E-state index contributed by atoms with van der Waals surface area (Å²) in [4.78, 5) is 13.3. The quantitative estimate of drug-likeness (QED) is 0.579. The molecular weight excluding hydrogens is 469 g/mol. The van der Waals surface area contributed by atoms with Gasteiger partial charge in [0.05, 0.1) is 23.5 Å². The Morgan fingerprint density at radius 2 is 1.82 bits per heavy atom. The summed E-state index contributed by atoms with van der Waals surface area (Å²) in [6.07, 6.45) is -1.89. The second kappa shape index (κ2) is 9.48. The number of hydrogen-bond donors (Lipinski definition) is 1. The third kappa shape index (κ3) is 5.32. The van der Waals surface area contributed by atoms with Gasteiger partial charge in [-0.15, -0.1) is 0 Å².